The molecule has 6 heteroatoms. The number of para-hydroxylation sites is 1. The summed E-state index contributed by atoms with van der Waals surface area (Å²) in [6.07, 6.45) is 4.82. The number of aromatic nitrogens is 3. The molecule has 0 amide bonds. The van der Waals surface area contributed by atoms with Gasteiger partial charge in [0.25, 0.3) is 0 Å². The predicted molar refractivity (Wildman–Crippen MR) is 88.2 cm³/mol. The maximum atomic E-state index is 6.12. The number of halogens is 1. The lowest BCUT2D eigenvalue weighted by molar-refractivity contribution is 0.591. The maximum absolute atomic E-state index is 6.12. The topological polar surface area (TPSA) is 42.7 Å². The minimum absolute atomic E-state index is 0.763. The van der Waals surface area contributed by atoms with E-state index in [1.807, 2.05) is 24.3 Å². The minimum Gasteiger partial charge on any atom is -0.383 e. The van der Waals surface area contributed by atoms with E-state index in [0.717, 1.165) is 47.0 Å². The molecule has 0 bridgehead atoms. The zero-order valence-electron chi connectivity index (χ0n) is 11.9. The highest BCUT2D eigenvalue weighted by molar-refractivity contribution is 7.99. The molecule has 21 heavy (non-hydrogen) atoms. The van der Waals surface area contributed by atoms with Crippen molar-refractivity contribution >= 4 is 29.1 Å². The number of anilines is 1. The number of fused-ring (bicyclic) bond motifs is 1. The first-order chi connectivity index (χ1) is 10.3. The Labute approximate surface area is 134 Å². The summed E-state index contributed by atoms with van der Waals surface area (Å²) in [4.78, 5) is 0. The minimum atomic E-state index is 0.763. The fourth-order valence-corrected chi connectivity index (χ4v) is 3.54. The molecule has 0 aliphatic carbocycles. The van der Waals surface area contributed by atoms with Crippen molar-refractivity contribution in [2.45, 2.75) is 37.4 Å². The van der Waals surface area contributed by atoms with Gasteiger partial charge in [0.05, 0.1) is 10.7 Å². The van der Waals surface area contributed by atoms with Gasteiger partial charge in [-0.2, -0.15) is 0 Å². The summed E-state index contributed by atoms with van der Waals surface area (Å²) in [5, 5.41) is 13.8. The number of thioether (sulfide) groups is 1. The number of nitrogens with one attached hydrogen (secondary N) is 1. The fraction of sp³-hybridized carbons (Fsp3) is 0.467. The summed E-state index contributed by atoms with van der Waals surface area (Å²) in [5.74, 6) is 2.10. The van der Waals surface area contributed by atoms with Crippen molar-refractivity contribution in [2.24, 2.45) is 0 Å². The van der Waals surface area contributed by atoms with Gasteiger partial charge in [-0.05, 0) is 25.0 Å². The number of aryl methyl sites for hydroxylation is 1. The van der Waals surface area contributed by atoms with Crippen molar-refractivity contribution < 1.29 is 0 Å². The molecule has 0 unspecified atom stereocenters. The molecule has 0 saturated heterocycles. The normalized spacial score (nSPS) is 14.5. The van der Waals surface area contributed by atoms with Gasteiger partial charge in [0, 0.05) is 25.3 Å². The van der Waals surface area contributed by atoms with Gasteiger partial charge in [0.1, 0.15) is 5.82 Å². The van der Waals surface area contributed by atoms with Crippen LogP contribution in [0.5, 0.6) is 0 Å². The lowest BCUT2D eigenvalue weighted by Crippen LogP contribution is -2.07. The average Bonchev–Trinajstić information content (AvgIpc) is 2.73. The molecule has 1 aliphatic heterocycles. The Hall–Kier alpha value is -1.20. The highest BCUT2D eigenvalue weighted by Crippen LogP contribution is 2.23. The third kappa shape index (κ3) is 3.71. The third-order valence-corrected chi connectivity index (χ3v) is 4.90. The van der Waals surface area contributed by atoms with Crippen LogP contribution in [0.3, 0.4) is 0 Å². The predicted octanol–water partition coefficient (Wildman–Crippen LogP) is 3.86. The summed E-state index contributed by atoms with van der Waals surface area (Å²) in [6, 6.07) is 7.82. The van der Waals surface area contributed by atoms with E-state index in [1.54, 1.807) is 11.8 Å². The van der Waals surface area contributed by atoms with Crippen LogP contribution in [0.4, 0.5) is 5.69 Å². The van der Waals surface area contributed by atoms with Crippen LogP contribution >= 0.6 is 23.4 Å². The van der Waals surface area contributed by atoms with Crippen LogP contribution in [-0.4, -0.2) is 27.1 Å². The first-order valence-electron chi connectivity index (χ1n) is 7.38. The summed E-state index contributed by atoms with van der Waals surface area (Å²) in [5.41, 5.74) is 0.986. The zero-order chi connectivity index (χ0) is 14.5. The van der Waals surface area contributed by atoms with Gasteiger partial charge < -0.3 is 9.88 Å². The summed E-state index contributed by atoms with van der Waals surface area (Å²) < 4.78 is 2.28. The molecule has 1 aromatic heterocycles. The van der Waals surface area contributed by atoms with Crippen LogP contribution in [0, 0.1) is 0 Å². The van der Waals surface area contributed by atoms with E-state index >= 15 is 0 Å². The number of hydrogen-bond donors (Lipinski definition) is 1. The number of benzene rings is 1. The van der Waals surface area contributed by atoms with E-state index in [9.17, 15) is 0 Å². The first-order valence-corrected chi connectivity index (χ1v) is 8.74. The lowest BCUT2D eigenvalue weighted by Gasteiger charge is -2.09. The van der Waals surface area contributed by atoms with Gasteiger partial charge in [-0.3, -0.25) is 0 Å². The van der Waals surface area contributed by atoms with Crippen LogP contribution in [0.15, 0.2) is 29.4 Å². The first kappa shape index (κ1) is 14.7. The van der Waals surface area contributed by atoms with E-state index in [0.29, 0.717) is 0 Å². The second-order valence-electron chi connectivity index (χ2n) is 5.12. The quantitative estimate of drug-likeness (QED) is 0.670. The molecule has 0 atom stereocenters. The van der Waals surface area contributed by atoms with Gasteiger partial charge >= 0.3 is 0 Å². The standard InChI is InChI=1S/C15H19ClN4S/c16-12-6-3-4-7-13(12)17-9-11-21-15-19-18-14-8-2-1-5-10-20(14)15/h3-4,6-7,17H,1-2,5,8-11H2. The van der Waals surface area contributed by atoms with Crippen molar-refractivity contribution in [3.05, 3.63) is 35.1 Å². The molecule has 1 aromatic carbocycles. The molecule has 112 valence electrons. The summed E-state index contributed by atoms with van der Waals surface area (Å²) in [6.45, 7) is 1.92. The van der Waals surface area contributed by atoms with Crippen LogP contribution in [0.1, 0.15) is 25.1 Å². The number of hydrogen-bond acceptors (Lipinski definition) is 4. The van der Waals surface area contributed by atoms with Crippen LogP contribution < -0.4 is 5.32 Å². The molecule has 1 N–H and O–H groups in total. The van der Waals surface area contributed by atoms with Crippen molar-refractivity contribution in [1.29, 1.82) is 0 Å². The Morgan fingerprint density at radius 2 is 2.10 bits per heavy atom. The molecule has 2 heterocycles. The van der Waals surface area contributed by atoms with Gasteiger partial charge in [0.15, 0.2) is 5.16 Å². The highest BCUT2D eigenvalue weighted by Gasteiger charge is 2.14. The summed E-state index contributed by atoms with van der Waals surface area (Å²) >= 11 is 7.88. The van der Waals surface area contributed by atoms with Crippen molar-refractivity contribution in [1.82, 2.24) is 14.8 Å². The van der Waals surface area contributed by atoms with Crippen LogP contribution in [0.2, 0.25) is 5.02 Å². The van der Waals surface area contributed by atoms with Gasteiger partial charge in [-0.25, -0.2) is 0 Å². The smallest absolute Gasteiger partial charge is 0.191 e. The Kier molecular flexibility index (Phi) is 5.04. The second kappa shape index (κ2) is 7.18. The highest BCUT2D eigenvalue weighted by atomic mass is 35.5. The van der Waals surface area contributed by atoms with Crippen molar-refractivity contribution in [2.75, 3.05) is 17.6 Å². The monoisotopic (exact) mass is 322 g/mol. The van der Waals surface area contributed by atoms with E-state index in [1.165, 1.54) is 19.3 Å². The molecule has 0 spiro atoms. The van der Waals surface area contributed by atoms with Crippen LogP contribution in [-0.2, 0) is 13.0 Å². The molecule has 4 nitrogen and oxygen atoms in total. The number of rotatable bonds is 5. The Morgan fingerprint density at radius 1 is 1.19 bits per heavy atom. The number of nitrogens with zero attached hydrogens (tertiary/aromatic N) is 3. The largest absolute Gasteiger partial charge is 0.383 e. The van der Waals surface area contributed by atoms with Crippen LogP contribution in [0.25, 0.3) is 0 Å². The molecule has 2 aromatic rings. The third-order valence-electron chi connectivity index (χ3n) is 3.60. The van der Waals surface area contributed by atoms with E-state index < -0.39 is 0 Å². The molecular weight excluding hydrogens is 304 g/mol. The SMILES string of the molecule is Clc1ccccc1NCCSc1nnc2n1CCCCC2. The van der Waals surface area contributed by atoms with Gasteiger partial charge in [-0.1, -0.05) is 41.9 Å². The molecule has 0 saturated carbocycles. The van der Waals surface area contributed by atoms with E-state index in [-0.39, 0.29) is 0 Å². The van der Waals surface area contributed by atoms with E-state index in [4.69, 9.17) is 11.6 Å². The molecule has 3 rings (SSSR count). The van der Waals surface area contributed by atoms with Gasteiger partial charge in [-0.15, -0.1) is 10.2 Å². The zero-order valence-corrected chi connectivity index (χ0v) is 13.5. The molecule has 0 fully saturated rings. The average molecular weight is 323 g/mol. The Morgan fingerprint density at radius 3 is 3.00 bits per heavy atom. The summed E-state index contributed by atoms with van der Waals surface area (Å²) in [7, 11) is 0. The molecule has 1 aliphatic rings. The molecule has 0 radical (unpaired) electrons. The van der Waals surface area contributed by atoms with E-state index in [2.05, 4.69) is 20.1 Å². The van der Waals surface area contributed by atoms with Gasteiger partial charge in [0.2, 0.25) is 0 Å². The Balaban J connectivity index is 1.52. The van der Waals surface area contributed by atoms with Crippen molar-refractivity contribution in [3.63, 3.8) is 0 Å². The lowest BCUT2D eigenvalue weighted by atomic mass is 10.2. The molecular formula is C15H19ClN4S. The fourth-order valence-electron chi connectivity index (χ4n) is 2.50. The maximum Gasteiger partial charge on any atom is 0.191 e. The second-order valence-corrected chi connectivity index (χ2v) is 6.59. The Bertz CT molecular complexity index is 599. The van der Waals surface area contributed by atoms with Crippen molar-refractivity contribution in [3.8, 4) is 0 Å².